The third-order valence-electron chi connectivity index (χ3n) is 4.44. The van der Waals surface area contributed by atoms with Gasteiger partial charge in [0.25, 0.3) is 5.91 Å². The molecule has 8 nitrogen and oxygen atoms in total. The first-order valence-corrected chi connectivity index (χ1v) is 9.36. The zero-order valence-electron chi connectivity index (χ0n) is 16.0. The third kappa shape index (κ3) is 4.61. The number of nitrogens with one attached hydrogen (secondary N) is 3. The lowest BCUT2D eigenvalue weighted by molar-refractivity contribution is -0.125. The van der Waals surface area contributed by atoms with E-state index in [1.807, 2.05) is 72.8 Å². The van der Waals surface area contributed by atoms with Crippen LogP contribution in [0.5, 0.6) is 0 Å². The molecule has 0 fully saturated rings. The van der Waals surface area contributed by atoms with E-state index >= 15 is 0 Å². The van der Waals surface area contributed by atoms with E-state index in [1.54, 1.807) is 0 Å². The molecule has 2 amide bonds. The van der Waals surface area contributed by atoms with E-state index in [2.05, 4.69) is 26.3 Å². The molecule has 3 N–H and O–H groups in total. The summed E-state index contributed by atoms with van der Waals surface area (Å²) in [6.45, 7) is -0.184. The zero-order valence-corrected chi connectivity index (χ0v) is 16.0. The Morgan fingerprint density at radius 2 is 1.63 bits per heavy atom. The van der Waals surface area contributed by atoms with Crippen LogP contribution in [0.2, 0.25) is 0 Å². The van der Waals surface area contributed by atoms with Gasteiger partial charge in [-0.2, -0.15) is 4.98 Å². The fourth-order valence-corrected chi connectivity index (χ4v) is 3.01. The summed E-state index contributed by atoms with van der Waals surface area (Å²) in [4.78, 5) is 28.4. The van der Waals surface area contributed by atoms with Gasteiger partial charge in [0.05, 0.1) is 13.0 Å². The van der Waals surface area contributed by atoms with Crippen LogP contribution < -0.4 is 16.2 Å². The number of hydrazine groups is 1. The number of hydrogen-bond donors (Lipinski definition) is 3. The molecular formula is C22H19N5O3. The van der Waals surface area contributed by atoms with Crippen LogP contribution in [0, 0.1) is 0 Å². The number of amides is 2. The number of nitrogens with zero attached hydrogens (tertiary/aromatic N) is 2. The molecule has 0 saturated carbocycles. The highest BCUT2D eigenvalue weighted by Gasteiger charge is 2.11. The van der Waals surface area contributed by atoms with Gasteiger partial charge in [0, 0.05) is 5.56 Å². The Morgan fingerprint density at radius 1 is 0.867 bits per heavy atom. The van der Waals surface area contributed by atoms with Crippen LogP contribution in [0.25, 0.3) is 22.2 Å². The molecular weight excluding hydrogens is 382 g/mol. The van der Waals surface area contributed by atoms with Gasteiger partial charge in [0.2, 0.25) is 11.7 Å². The summed E-state index contributed by atoms with van der Waals surface area (Å²) in [7, 11) is 0. The number of anilines is 1. The Kier molecular flexibility index (Phi) is 5.66. The maximum Gasteiger partial charge on any atom is 0.340 e. The Morgan fingerprint density at radius 3 is 2.50 bits per heavy atom. The molecule has 0 saturated heterocycles. The molecule has 8 heteroatoms. The van der Waals surface area contributed by atoms with Gasteiger partial charge in [-0.15, -0.1) is 0 Å². The second-order valence-electron chi connectivity index (χ2n) is 6.55. The Labute approximate surface area is 172 Å². The highest BCUT2D eigenvalue weighted by Crippen LogP contribution is 2.19. The molecule has 150 valence electrons. The smallest absolute Gasteiger partial charge is 0.340 e. The molecule has 1 heterocycles. The van der Waals surface area contributed by atoms with Gasteiger partial charge in [-0.05, 0) is 16.3 Å². The highest BCUT2D eigenvalue weighted by molar-refractivity contribution is 5.91. The first-order valence-electron chi connectivity index (χ1n) is 9.36. The minimum absolute atomic E-state index is 0.0456. The SMILES string of the molecule is O=C(Cc1cccc2ccccc12)NCC(=O)NNc1nc(-c2ccccc2)no1. The lowest BCUT2D eigenvalue weighted by Gasteiger charge is -2.08. The van der Waals surface area contributed by atoms with Crippen LogP contribution in [0.1, 0.15) is 5.56 Å². The summed E-state index contributed by atoms with van der Waals surface area (Å²) in [6, 6.07) is 23.0. The molecule has 0 unspecified atom stereocenters. The standard InChI is InChI=1S/C22H19N5O3/c28-19(13-17-11-6-10-15-7-4-5-12-18(15)17)23-14-20(29)25-26-22-24-21(27-30-22)16-8-2-1-3-9-16/h1-12H,13-14H2,(H,23,28)(H,25,29)(H,24,26,27). The predicted octanol–water partition coefficient (Wildman–Crippen LogP) is 2.69. The quantitative estimate of drug-likeness (QED) is 0.411. The van der Waals surface area contributed by atoms with E-state index in [9.17, 15) is 9.59 Å². The van der Waals surface area contributed by atoms with E-state index in [4.69, 9.17) is 4.52 Å². The Bertz CT molecular complexity index is 1170. The van der Waals surface area contributed by atoms with Crippen molar-refractivity contribution in [1.82, 2.24) is 20.9 Å². The summed E-state index contributed by atoms with van der Waals surface area (Å²) in [5, 5.41) is 8.53. The van der Waals surface area contributed by atoms with Crippen molar-refractivity contribution in [2.45, 2.75) is 6.42 Å². The van der Waals surface area contributed by atoms with Gasteiger partial charge in [-0.3, -0.25) is 15.0 Å². The maximum atomic E-state index is 12.2. The van der Waals surface area contributed by atoms with Crippen LogP contribution >= 0.6 is 0 Å². The number of aromatic nitrogens is 2. The van der Waals surface area contributed by atoms with Crippen LogP contribution in [0.3, 0.4) is 0 Å². The van der Waals surface area contributed by atoms with Crippen LogP contribution in [-0.2, 0) is 16.0 Å². The summed E-state index contributed by atoms with van der Waals surface area (Å²) >= 11 is 0. The molecule has 0 aliphatic heterocycles. The van der Waals surface area contributed by atoms with Gasteiger partial charge in [-0.25, -0.2) is 5.43 Å². The summed E-state index contributed by atoms with van der Waals surface area (Å²) in [6.07, 6.45) is 0.187. The average Bonchev–Trinajstić information content (AvgIpc) is 3.26. The Hall–Kier alpha value is -4.20. The van der Waals surface area contributed by atoms with Crippen LogP contribution in [-0.4, -0.2) is 28.5 Å². The molecule has 0 radical (unpaired) electrons. The normalized spacial score (nSPS) is 10.5. The van der Waals surface area contributed by atoms with Crippen molar-refractivity contribution in [3.05, 3.63) is 78.4 Å². The molecule has 4 aromatic rings. The number of rotatable bonds is 7. The van der Waals surface area contributed by atoms with E-state index in [1.165, 1.54) is 0 Å². The first kappa shape index (κ1) is 19.1. The summed E-state index contributed by atoms with van der Waals surface area (Å²) in [5.74, 6) is -0.290. The summed E-state index contributed by atoms with van der Waals surface area (Å²) in [5.41, 5.74) is 6.65. The van der Waals surface area contributed by atoms with Crippen LogP contribution in [0.4, 0.5) is 6.01 Å². The van der Waals surface area contributed by atoms with Crippen molar-refractivity contribution >= 4 is 28.6 Å². The van der Waals surface area contributed by atoms with Gasteiger partial charge in [0.15, 0.2) is 0 Å². The number of hydrogen-bond acceptors (Lipinski definition) is 6. The van der Waals surface area contributed by atoms with Crippen LogP contribution in [0.15, 0.2) is 77.3 Å². The van der Waals surface area contributed by atoms with E-state index in [0.717, 1.165) is 21.9 Å². The second-order valence-corrected chi connectivity index (χ2v) is 6.55. The molecule has 4 rings (SSSR count). The largest absolute Gasteiger partial charge is 0.347 e. The molecule has 0 aliphatic carbocycles. The van der Waals surface area contributed by atoms with E-state index in [0.29, 0.717) is 5.82 Å². The molecule has 0 aliphatic rings. The summed E-state index contributed by atoms with van der Waals surface area (Å²) < 4.78 is 5.04. The second kappa shape index (κ2) is 8.87. The highest BCUT2D eigenvalue weighted by atomic mass is 16.5. The minimum atomic E-state index is -0.444. The number of benzene rings is 3. The van der Waals surface area contributed by atoms with Crippen molar-refractivity contribution in [1.29, 1.82) is 0 Å². The van der Waals surface area contributed by atoms with E-state index in [-0.39, 0.29) is 24.9 Å². The van der Waals surface area contributed by atoms with E-state index < -0.39 is 5.91 Å². The third-order valence-corrected chi connectivity index (χ3v) is 4.44. The first-order chi connectivity index (χ1) is 14.7. The minimum Gasteiger partial charge on any atom is -0.347 e. The van der Waals surface area contributed by atoms with Gasteiger partial charge >= 0.3 is 6.01 Å². The average molecular weight is 401 g/mol. The maximum absolute atomic E-state index is 12.2. The molecule has 0 spiro atoms. The number of carbonyl (C=O) groups excluding carboxylic acids is 2. The molecule has 30 heavy (non-hydrogen) atoms. The topological polar surface area (TPSA) is 109 Å². The zero-order chi connectivity index (χ0) is 20.8. The molecule has 0 atom stereocenters. The molecule has 1 aromatic heterocycles. The van der Waals surface area contributed by atoms with Gasteiger partial charge < -0.3 is 9.84 Å². The van der Waals surface area contributed by atoms with Crippen molar-refractivity contribution in [2.75, 3.05) is 12.0 Å². The fourth-order valence-electron chi connectivity index (χ4n) is 3.01. The lowest BCUT2D eigenvalue weighted by Crippen LogP contribution is -2.40. The van der Waals surface area contributed by atoms with Crippen molar-refractivity contribution in [3.63, 3.8) is 0 Å². The fraction of sp³-hybridized carbons (Fsp3) is 0.0909. The molecule has 3 aromatic carbocycles. The number of carbonyl (C=O) groups is 2. The van der Waals surface area contributed by atoms with Crippen molar-refractivity contribution in [3.8, 4) is 11.4 Å². The van der Waals surface area contributed by atoms with Crippen molar-refractivity contribution in [2.24, 2.45) is 0 Å². The van der Waals surface area contributed by atoms with Crippen molar-refractivity contribution < 1.29 is 14.1 Å². The van der Waals surface area contributed by atoms with Gasteiger partial charge in [0.1, 0.15) is 0 Å². The lowest BCUT2D eigenvalue weighted by atomic mass is 10.0. The monoisotopic (exact) mass is 401 g/mol. The predicted molar refractivity (Wildman–Crippen MR) is 112 cm³/mol. The number of fused-ring (bicyclic) bond motifs is 1. The van der Waals surface area contributed by atoms with Gasteiger partial charge in [-0.1, -0.05) is 78.0 Å². The molecule has 0 bridgehead atoms. The Balaban J connectivity index is 1.26.